The van der Waals surface area contributed by atoms with Gasteiger partial charge in [0.15, 0.2) is 11.7 Å². The lowest BCUT2D eigenvalue weighted by molar-refractivity contribution is 0.0264. The van der Waals surface area contributed by atoms with Crippen LogP contribution in [0.5, 0.6) is 0 Å². The van der Waals surface area contributed by atoms with E-state index in [9.17, 15) is 4.79 Å². The molecule has 0 atom stereocenters. The van der Waals surface area contributed by atoms with Gasteiger partial charge in [-0.15, -0.1) is 0 Å². The van der Waals surface area contributed by atoms with Crippen LogP contribution in [-0.4, -0.2) is 73.6 Å². The zero-order chi connectivity index (χ0) is 21.0. The van der Waals surface area contributed by atoms with Crippen molar-refractivity contribution in [1.82, 2.24) is 15.1 Å². The zero-order valence-corrected chi connectivity index (χ0v) is 18.5. The molecule has 0 spiro atoms. The highest BCUT2D eigenvalue weighted by Gasteiger charge is 2.25. The van der Waals surface area contributed by atoms with Gasteiger partial charge in [-0.25, -0.2) is 0 Å². The summed E-state index contributed by atoms with van der Waals surface area (Å²) in [6, 6.07) is 3.47. The first-order valence-electron chi connectivity index (χ1n) is 11.8. The lowest BCUT2D eigenvalue weighted by Gasteiger charge is -2.36. The number of carbonyl (C=O) groups is 1. The van der Waals surface area contributed by atoms with Crippen molar-refractivity contribution in [3.05, 3.63) is 24.2 Å². The Morgan fingerprint density at radius 3 is 2.60 bits per heavy atom. The molecule has 2 heterocycles. The van der Waals surface area contributed by atoms with Crippen LogP contribution in [0.4, 0.5) is 0 Å². The van der Waals surface area contributed by atoms with Crippen LogP contribution in [0.25, 0.3) is 0 Å². The van der Waals surface area contributed by atoms with Crippen LogP contribution >= 0.6 is 0 Å². The summed E-state index contributed by atoms with van der Waals surface area (Å²) < 4.78 is 11.2. The maximum absolute atomic E-state index is 12.4. The number of guanidine groups is 1. The van der Waals surface area contributed by atoms with Crippen LogP contribution in [0.15, 0.2) is 27.8 Å². The summed E-state index contributed by atoms with van der Waals surface area (Å²) >= 11 is 0. The molecule has 1 N–H and O–H groups in total. The second kappa shape index (κ2) is 12.6. The molecule has 1 amide bonds. The van der Waals surface area contributed by atoms with Crippen LogP contribution in [-0.2, 0) is 4.74 Å². The molecule has 1 saturated heterocycles. The summed E-state index contributed by atoms with van der Waals surface area (Å²) in [5, 5.41) is 3.40. The number of nitrogens with zero attached hydrogens (tertiary/aromatic N) is 3. The molecule has 0 radical (unpaired) electrons. The number of carbonyl (C=O) groups excluding carboxylic acids is 1. The molecule has 0 bridgehead atoms. The Bertz CT molecular complexity index is 633. The Labute approximate surface area is 180 Å². The molecule has 1 saturated carbocycles. The fourth-order valence-corrected chi connectivity index (χ4v) is 4.16. The fraction of sp³-hybridized carbons (Fsp3) is 0.739. The molecule has 3 rings (SSSR count). The van der Waals surface area contributed by atoms with Crippen LogP contribution in [0, 0.1) is 0 Å². The van der Waals surface area contributed by atoms with Crippen LogP contribution in [0.3, 0.4) is 0 Å². The van der Waals surface area contributed by atoms with Crippen molar-refractivity contribution in [1.29, 1.82) is 0 Å². The van der Waals surface area contributed by atoms with Gasteiger partial charge in [0.1, 0.15) is 0 Å². The fourth-order valence-electron chi connectivity index (χ4n) is 4.16. The third-order valence-corrected chi connectivity index (χ3v) is 5.90. The molecule has 0 aromatic carbocycles. The predicted octanol–water partition coefficient (Wildman–Crippen LogP) is 3.52. The third-order valence-electron chi connectivity index (χ3n) is 5.90. The van der Waals surface area contributed by atoms with Gasteiger partial charge in [-0.1, -0.05) is 19.3 Å². The van der Waals surface area contributed by atoms with E-state index in [2.05, 4.69) is 17.1 Å². The molecule has 1 aromatic heterocycles. The highest BCUT2D eigenvalue weighted by molar-refractivity contribution is 5.91. The summed E-state index contributed by atoms with van der Waals surface area (Å²) in [7, 11) is 0. The van der Waals surface area contributed by atoms with Crippen LogP contribution in [0.2, 0.25) is 0 Å². The van der Waals surface area contributed by atoms with Crippen molar-refractivity contribution in [3.63, 3.8) is 0 Å². The number of aliphatic imine (C=N–C) groups is 1. The van der Waals surface area contributed by atoms with E-state index in [1.54, 1.807) is 18.4 Å². The molecule has 0 unspecified atom stereocenters. The highest BCUT2D eigenvalue weighted by atomic mass is 16.5. The summed E-state index contributed by atoms with van der Waals surface area (Å²) in [6.07, 6.45) is 11.9. The second-order valence-electron chi connectivity index (χ2n) is 8.18. The molecule has 2 fully saturated rings. The first kappa shape index (κ1) is 22.7. The van der Waals surface area contributed by atoms with E-state index in [0.29, 0.717) is 25.0 Å². The number of unbranched alkanes of at least 4 members (excludes halogenated alkanes) is 2. The molecule has 1 aliphatic carbocycles. The Kier molecular flexibility index (Phi) is 9.54. The average molecular weight is 419 g/mol. The molecule has 168 valence electrons. The maximum Gasteiger partial charge on any atom is 0.289 e. The number of nitrogens with one attached hydrogen (secondary N) is 1. The molecule has 7 heteroatoms. The van der Waals surface area contributed by atoms with Crippen molar-refractivity contribution >= 4 is 11.9 Å². The summed E-state index contributed by atoms with van der Waals surface area (Å²) in [4.78, 5) is 21.3. The monoisotopic (exact) mass is 418 g/mol. The van der Waals surface area contributed by atoms with Gasteiger partial charge < -0.3 is 24.3 Å². The number of ether oxygens (including phenoxy) is 1. The number of hydrogen-bond donors (Lipinski definition) is 1. The minimum atomic E-state index is -0.0305. The first-order chi connectivity index (χ1) is 14.8. The van der Waals surface area contributed by atoms with E-state index < -0.39 is 0 Å². The summed E-state index contributed by atoms with van der Waals surface area (Å²) in [5.41, 5.74) is 0. The van der Waals surface area contributed by atoms with E-state index in [-0.39, 0.29) is 5.91 Å². The van der Waals surface area contributed by atoms with Crippen molar-refractivity contribution < 1.29 is 13.9 Å². The normalized spacial score (nSPS) is 18.6. The van der Waals surface area contributed by atoms with Gasteiger partial charge in [0.2, 0.25) is 0 Å². The van der Waals surface area contributed by atoms with Gasteiger partial charge in [-0.2, -0.15) is 0 Å². The number of rotatable bonds is 9. The van der Waals surface area contributed by atoms with Crippen molar-refractivity contribution in [2.24, 2.45) is 4.99 Å². The molecule has 1 aromatic rings. The average Bonchev–Trinajstić information content (AvgIpc) is 3.33. The van der Waals surface area contributed by atoms with Crippen molar-refractivity contribution in [2.45, 2.75) is 64.4 Å². The van der Waals surface area contributed by atoms with Gasteiger partial charge in [0, 0.05) is 45.9 Å². The number of furan rings is 1. The number of amides is 1. The SMILES string of the molecule is CCNC(=NCCCCCOC1CCCCC1)N1CCN(C(=O)c2ccco2)CC1. The van der Waals surface area contributed by atoms with Gasteiger partial charge in [-0.3, -0.25) is 9.79 Å². The Morgan fingerprint density at radius 1 is 1.13 bits per heavy atom. The quantitative estimate of drug-likeness (QED) is 0.377. The smallest absolute Gasteiger partial charge is 0.289 e. The van der Waals surface area contributed by atoms with E-state index in [1.165, 1.54) is 32.1 Å². The van der Waals surface area contributed by atoms with Crippen LogP contribution in [0.1, 0.15) is 68.8 Å². The standard InChI is InChI=1S/C23H38N4O3/c1-2-24-23(25-13-7-4-8-18-29-20-10-5-3-6-11-20)27-16-14-26(15-17-27)22(28)21-12-9-19-30-21/h9,12,19-20H,2-8,10-11,13-18H2,1H3,(H,24,25). The first-order valence-corrected chi connectivity index (χ1v) is 11.8. The van der Waals surface area contributed by atoms with Gasteiger partial charge in [0.05, 0.1) is 12.4 Å². The molecular formula is C23H38N4O3. The molecule has 2 aliphatic rings. The van der Waals surface area contributed by atoms with Crippen molar-refractivity contribution in [3.8, 4) is 0 Å². The Balaban J connectivity index is 1.33. The minimum absolute atomic E-state index is 0.0305. The zero-order valence-electron chi connectivity index (χ0n) is 18.5. The maximum atomic E-state index is 12.4. The number of hydrogen-bond acceptors (Lipinski definition) is 4. The van der Waals surface area contributed by atoms with E-state index in [4.69, 9.17) is 14.1 Å². The van der Waals surface area contributed by atoms with Gasteiger partial charge >= 0.3 is 0 Å². The lowest BCUT2D eigenvalue weighted by Crippen LogP contribution is -2.53. The van der Waals surface area contributed by atoms with Crippen LogP contribution < -0.4 is 5.32 Å². The van der Waals surface area contributed by atoms with Crippen molar-refractivity contribution in [2.75, 3.05) is 45.9 Å². The van der Waals surface area contributed by atoms with Gasteiger partial charge in [0.25, 0.3) is 5.91 Å². The van der Waals surface area contributed by atoms with E-state index in [1.807, 2.05) is 4.90 Å². The predicted molar refractivity (Wildman–Crippen MR) is 119 cm³/mol. The molecule has 7 nitrogen and oxygen atoms in total. The van der Waals surface area contributed by atoms with Gasteiger partial charge in [-0.05, 0) is 51.2 Å². The van der Waals surface area contributed by atoms with E-state index in [0.717, 1.165) is 58.0 Å². The minimum Gasteiger partial charge on any atom is -0.459 e. The highest BCUT2D eigenvalue weighted by Crippen LogP contribution is 2.20. The number of piperazine rings is 1. The summed E-state index contributed by atoms with van der Waals surface area (Å²) in [5.74, 6) is 1.34. The lowest BCUT2D eigenvalue weighted by atomic mass is 9.98. The largest absolute Gasteiger partial charge is 0.459 e. The Hall–Kier alpha value is -2.02. The second-order valence-corrected chi connectivity index (χ2v) is 8.18. The third kappa shape index (κ3) is 7.04. The molecular weight excluding hydrogens is 380 g/mol. The molecule has 1 aliphatic heterocycles. The summed E-state index contributed by atoms with van der Waals surface area (Å²) in [6.45, 7) is 7.59. The van der Waals surface area contributed by atoms with E-state index >= 15 is 0 Å². The topological polar surface area (TPSA) is 70.3 Å². The molecule has 30 heavy (non-hydrogen) atoms. The Morgan fingerprint density at radius 2 is 1.90 bits per heavy atom.